The van der Waals surface area contributed by atoms with E-state index in [0.29, 0.717) is 6.42 Å². The van der Waals surface area contributed by atoms with Gasteiger partial charge in [0, 0.05) is 24.4 Å². The van der Waals surface area contributed by atoms with Gasteiger partial charge in [-0.2, -0.15) is 0 Å². The number of amides is 2. The number of hydrogen-bond donors (Lipinski definition) is 3. The number of carboxylic acids is 1. The number of aliphatic carboxylic acids is 1. The van der Waals surface area contributed by atoms with E-state index in [2.05, 4.69) is 34.9 Å². The zero-order valence-electron chi connectivity index (χ0n) is 19.3. The lowest BCUT2D eigenvalue weighted by molar-refractivity contribution is -0.137. The Morgan fingerprint density at radius 3 is 2.03 bits per heavy atom. The van der Waals surface area contributed by atoms with E-state index in [4.69, 9.17) is 9.84 Å². The number of alkyl carbamates (subject to hydrolysis) is 1. The van der Waals surface area contributed by atoms with Crippen LogP contribution < -0.4 is 10.6 Å². The third kappa shape index (κ3) is 6.12. The lowest BCUT2D eigenvalue weighted by Gasteiger charge is -2.24. The maximum absolute atomic E-state index is 12.6. The minimum absolute atomic E-state index is 0.00390. The van der Waals surface area contributed by atoms with Gasteiger partial charge in [-0.15, -0.1) is 0 Å². The molecule has 0 bridgehead atoms. The Kier molecular flexibility index (Phi) is 8.09. The van der Waals surface area contributed by atoms with Crippen LogP contribution in [0.5, 0.6) is 0 Å². The topological polar surface area (TPSA) is 105 Å². The fraction of sp³-hybridized carbons (Fsp3) is 0.423. The molecule has 0 heterocycles. The van der Waals surface area contributed by atoms with Crippen molar-refractivity contribution in [3.8, 4) is 11.1 Å². The number of ether oxygens (including phenoxy) is 1. The van der Waals surface area contributed by atoms with Crippen LogP contribution in [0.3, 0.4) is 0 Å². The first-order valence-corrected chi connectivity index (χ1v) is 11.4. The van der Waals surface area contributed by atoms with Gasteiger partial charge in [0.2, 0.25) is 5.91 Å². The molecule has 7 nitrogen and oxygen atoms in total. The molecule has 1 aliphatic rings. The molecule has 1 aliphatic carbocycles. The summed E-state index contributed by atoms with van der Waals surface area (Å²) in [6.07, 6.45) is -0.128. The van der Waals surface area contributed by atoms with E-state index in [1.807, 2.05) is 45.0 Å². The second-order valence-corrected chi connectivity index (χ2v) is 8.80. The summed E-state index contributed by atoms with van der Waals surface area (Å²) in [5.41, 5.74) is 4.59. The first kappa shape index (κ1) is 24.3. The molecule has 2 amide bonds. The van der Waals surface area contributed by atoms with E-state index < -0.39 is 24.1 Å². The van der Waals surface area contributed by atoms with Crippen molar-refractivity contribution < 1.29 is 24.2 Å². The van der Waals surface area contributed by atoms with Crippen LogP contribution >= 0.6 is 0 Å². The summed E-state index contributed by atoms with van der Waals surface area (Å²) in [6.45, 7) is 5.85. The number of hydrogen-bond acceptors (Lipinski definition) is 4. The lowest BCUT2D eigenvalue weighted by atomic mass is 9.98. The van der Waals surface area contributed by atoms with Gasteiger partial charge < -0.3 is 20.5 Å². The minimum Gasteiger partial charge on any atom is -0.481 e. The fourth-order valence-corrected chi connectivity index (χ4v) is 4.24. The highest BCUT2D eigenvalue weighted by Gasteiger charge is 2.29. The van der Waals surface area contributed by atoms with Gasteiger partial charge >= 0.3 is 12.1 Å². The highest BCUT2D eigenvalue weighted by molar-refractivity contribution is 5.80. The average molecular weight is 453 g/mol. The van der Waals surface area contributed by atoms with Crippen LogP contribution in [-0.2, 0) is 14.3 Å². The molecule has 2 atom stereocenters. The molecule has 176 valence electrons. The molecule has 0 aromatic heterocycles. The van der Waals surface area contributed by atoms with Gasteiger partial charge in [0.25, 0.3) is 0 Å². The van der Waals surface area contributed by atoms with Crippen LogP contribution in [0.2, 0.25) is 0 Å². The van der Waals surface area contributed by atoms with E-state index in [-0.39, 0.29) is 37.2 Å². The Balaban J connectivity index is 1.59. The first-order valence-electron chi connectivity index (χ1n) is 11.4. The molecule has 2 aromatic rings. The quantitative estimate of drug-likeness (QED) is 0.498. The predicted octanol–water partition coefficient (Wildman–Crippen LogP) is 4.31. The summed E-state index contributed by atoms with van der Waals surface area (Å²) in [5, 5.41) is 14.5. The Labute approximate surface area is 194 Å². The van der Waals surface area contributed by atoms with Gasteiger partial charge in [-0.25, -0.2) is 4.79 Å². The number of carbonyl (C=O) groups excluding carboxylic acids is 2. The standard InChI is InChI=1S/C26H32N2O5/c1-4-17(13-25(30)31)27-24(29)14-23(16(2)3)28-26(32)33-15-22-20-11-7-5-9-18(20)19-10-6-8-12-21(19)22/h5-12,16-17,22-23H,4,13-15H2,1-3H3,(H,27,29)(H,28,32)(H,30,31)/t17?,23-/m1/s1. The summed E-state index contributed by atoms with van der Waals surface area (Å²) in [4.78, 5) is 36.0. The molecule has 0 spiro atoms. The van der Waals surface area contributed by atoms with Crippen molar-refractivity contribution in [2.45, 2.75) is 58.0 Å². The van der Waals surface area contributed by atoms with E-state index in [9.17, 15) is 14.4 Å². The number of benzene rings is 2. The summed E-state index contributed by atoms with van der Waals surface area (Å²) >= 11 is 0. The SMILES string of the molecule is CCC(CC(=O)O)NC(=O)C[C@@H](NC(=O)OCC1c2ccccc2-c2ccccc21)C(C)C. The summed E-state index contributed by atoms with van der Waals surface area (Å²) in [6, 6.07) is 15.4. The summed E-state index contributed by atoms with van der Waals surface area (Å²) in [5.74, 6) is -1.29. The van der Waals surface area contributed by atoms with Crippen LogP contribution in [0.4, 0.5) is 4.79 Å². The Bertz CT molecular complexity index is 958. The van der Waals surface area contributed by atoms with Crippen molar-refractivity contribution in [2.75, 3.05) is 6.61 Å². The van der Waals surface area contributed by atoms with Crippen molar-refractivity contribution in [2.24, 2.45) is 5.92 Å². The molecule has 33 heavy (non-hydrogen) atoms. The van der Waals surface area contributed by atoms with Crippen LogP contribution in [0.1, 0.15) is 57.1 Å². The number of rotatable bonds is 10. The zero-order valence-corrected chi connectivity index (χ0v) is 19.3. The summed E-state index contributed by atoms with van der Waals surface area (Å²) in [7, 11) is 0. The zero-order chi connectivity index (χ0) is 24.0. The van der Waals surface area contributed by atoms with E-state index in [1.54, 1.807) is 0 Å². The largest absolute Gasteiger partial charge is 0.481 e. The van der Waals surface area contributed by atoms with Crippen molar-refractivity contribution in [3.63, 3.8) is 0 Å². The van der Waals surface area contributed by atoms with Crippen LogP contribution in [0.15, 0.2) is 48.5 Å². The molecule has 0 saturated heterocycles. The second-order valence-electron chi connectivity index (χ2n) is 8.80. The molecule has 0 saturated carbocycles. The van der Waals surface area contributed by atoms with E-state index in [1.165, 1.54) is 0 Å². The second kappa shape index (κ2) is 11.0. The van der Waals surface area contributed by atoms with Crippen molar-refractivity contribution in [3.05, 3.63) is 59.7 Å². The molecular weight excluding hydrogens is 420 g/mol. The first-order chi connectivity index (χ1) is 15.8. The van der Waals surface area contributed by atoms with Gasteiger partial charge in [-0.3, -0.25) is 9.59 Å². The van der Waals surface area contributed by atoms with Crippen LogP contribution in [-0.4, -0.2) is 41.8 Å². The number of fused-ring (bicyclic) bond motifs is 3. The molecule has 1 unspecified atom stereocenters. The van der Waals surface area contributed by atoms with Gasteiger partial charge in [-0.1, -0.05) is 69.3 Å². The van der Waals surface area contributed by atoms with Crippen molar-refractivity contribution in [1.82, 2.24) is 10.6 Å². The molecule has 3 rings (SSSR count). The van der Waals surface area contributed by atoms with E-state index >= 15 is 0 Å². The Morgan fingerprint density at radius 1 is 0.939 bits per heavy atom. The number of nitrogens with one attached hydrogen (secondary N) is 2. The van der Waals surface area contributed by atoms with Crippen molar-refractivity contribution >= 4 is 18.0 Å². The molecule has 0 aliphatic heterocycles. The highest BCUT2D eigenvalue weighted by atomic mass is 16.5. The molecular formula is C26H32N2O5. The normalized spacial score (nSPS) is 14.2. The monoisotopic (exact) mass is 452 g/mol. The van der Waals surface area contributed by atoms with E-state index in [0.717, 1.165) is 22.3 Å². The maximum Gasteiger partial charge on any atom is 0.407 e. The van der Waals surface area contributed by atoms with Crippen LogP contribution in [0.25, 0.3) is 11.1 Å². The lowest BCUT2D eigenvalue weighted by Crippen LogP contribution is -2.45. The van der Waals surface area contributed by atoms with Gasteiger partial charge in [-0.05, 0) is 34.6 Å². The molecule has 0 fully saturated rings. The van der Waals surface area contributed by atoms with Crippen LogP contribution in [0, 0.1) is 5.92 Å². The predicted molar refractivity (Wildman–Crippen MR) is 126 cm³/mol. The third-order valence-electron chi connectivity index (χ3n) is 6.14. The molecule has 0 radical (unpaired) electrons. The smallest absolute Gasteiger partial charge is 0.407 e. The minimum atomic E-state index is -0.959. The Hall–Kier alpha value is -3.35. The summed E-state index contributed by atoms with van der Waals surface area (Å²) < 4.78 is 5.60. The van der Waals surface area contributed by atoms with Gasteiger partial charge in [0.05, 0.1) is 6.42 Å². The highest BCUT2D eigenvalue weighted by Crippen LogP contribution is 2.44. The number of carboxylic acid groups (broad SMARTS) is 1. The Morgan fingerprint density at radius 2 is 1.52 bits per heavy atom. The van der Waals surface area contributed by atoms with Crippen molar-refractivity contribution in [1.29, 1.82) is 0 Å². The van der Waals surface area contributed by atoms with Gasteiger partial charge in [0.1, 0.15) is 6.61 Å². The fourth-order valence-electron chi connectivity index (χ4n) is 4.24. The van der Waals surface area contributed by atoms with Gasteiger partial charge in [0.15, 0.2) is 0 Å². The molecule has 3 N–H and O–H groups in total. The average Bonchev–Trinajstić information content (AvgIpc) is 3.10. The maximum atomic E-state index is 12.6. The molecule has 7 heteroatoms. The number of carbonyl (C=O) groups is 3. The third-order valence-corrected chi connectivity index (χ3v) is 6.14. The molecule has 2 aromatic carbocycles.